The Bertz CT molecular complexity index is 1220. The van der Waals surface area contributed by atoms with Crippen LogP contribution in [0.1, 0.15) is 24.0 Å². The van der Waals surface area contributed by atoms with Crippen LogP contribution in [-0.4, -0.2) is 37.6 Å². The lowest BCUT2D eigenvalue weighted by Gasteiger charge is -2.12. The molecule has 7 nitrogen and oxygen atoms in total. The summed E-state index contributed by atoms with van der Waals surface area (Å²) in [6.45, 7) is 0. The number of benzene rings is 1. The molecule has 0 spiro atoms. The molecule has 0 aliphatic heterocycles. The maximum Gasteiger partial charge on any atom is 0.228 e. The van der Waals surface area contributed by atoms with Crippen LogP contribution in [0.5, 0.6) is 0 Å². The van der Waals surface area contributed by atoms with Crippen LogP contribution in [-0.2, 0) is 27.5 Å². The van der Waals surface area contributed by atoms with Crippen LogP contribution in [0.25, 0.3) is 10.8 Å². The zero-order valence-electron chi connectivity index (χ0n) is 17.0. The van der Waals surface area contributed by atoms with E-state index in [2.05, 4.69) is 20.6 Å². The van der Waals surface area contributed by atoms with Gasteiger partial charge in [0.15, 0.2) is 9.84 Å². The number of hydrogen-bond acceptors (Lipinski definition) is 6. The van der Waals surface area contributed by atoms with Gasteiger partial charge in [0.25, 0.3) is 0 Å². The van der Waals surface area contributed by atoms with Gasteiger partial charge >= 0.3 is 0 Å². The zero-order valence-corrected chi connectivity index (χ0v) is 17.8. The Morgan fingerprint density at radius 3 is 2.60 bits per heavy atom. The summed E-state index contributed by atoms with van der Waals surface area (Å²) in [7, 11) is -1.43. The molecule has 30 heavy (non-hydrogen) atoms. The smallest absolute Gasteiger partial charge is 0.228 e. The van der Waals surface area contributed by atoms with Gasteiger partial charge in [-0.25, -0.2) is 18.4 Å². The van der Waals surface area contributed by atoms with E-state index in [1.54, 1.807) is 31.4 Å². The highest BCUT2D eigenvalue weighted by molar-refractivity contribution is 7.90. The van der Waals surface area contributed by atoms with Crippen molar-refractivity contribution in [2.24, 2.45) is 5.92 Å². The van der Waals surface area contributed by atoms with Crippen LogP contribution in [0, 0.1) is 5.92 Å². The summed E-state index contributed by atoms with van der Waals surface area (Å²) in [5.41, 5.74) is 1.96. The minimum Gasteiger partial charge on any atom is -0.373 e. The van der Waals surface area contributed by atoms with Crippen LogP contribution in [0.2, 0.25) is 0 Å². The number of carbonyl (C=O) groups is 1. The predicted octanol–water partition coefficient (Wildman–Crippen LogP) is 3.21. The molecular weight excluding hydrogens is 400 g/mol. The van der Waals surface area contributed by atoms with Crippen molar-refractivity contribution in [2.75, 3.05) is 23.9 Å². The first-order chi connectivity index (χ1) is 14.3. The van der Waals surface area contributed by atoms with Gasteiger partial charge in [-0.2, -0.15) is 0 Å². The normalized spacial score (nSPS) is 13.9. The summed E-state index contributed by atoms with van der Waals surface area (Å²) in [6.07, 6.45) is 7.98. The minimum absolute atomic E-state index is 0.0175. The van der Waals surface area contributed by atoms with Gasteiger partial charge in [-0.15, -0.1) is 0 Å². The van der Waals surface area contributed by atoms with Gasteiger partial charge in [0.05, 0.1) is 4.90 Å². The number of hydrogen-bond donors (Lipinski definition) is 2. The number of carbonyl (C=O) groups excluding carboxylic acids is 1. The largest absolute Gasteiger partial charge is 0.373 e. The van der Waals surface area contributed by atoms with Gasteiger partial charge in [0, 0.05) is 37.0 Å². The maximum atomic E-state index is 12.1. The second-order valence-corrected chi connectivity index (χ2v) is 9.70. The fourth-order valence-corrected chi connectivity index (χ4v) is 4.13. The van der Waals surface area contributed by atoms with Crippen LogP contribution < -0.4 is 10.6 Å². The third-order valence-electron chi connectivity index (χ3n) is 5.30. The predicted molar refractivity (Wildman–Crippen MR) is 117 cm³/mol. The molecule has 2 aromatic heterocycles. The number of nitrogens with zero attached hydrogens (tertiary/aromatic N) is 2. The molecule has 0 bridgehead atoms. The Balaban J connectivity index is 1.63. The second kappa shape index (κ2) is 8.02. The number of aryl methyl sites for hydroxylation is 2. The lowest BCUT2D eigenvalue weighted by atomic mass is 10.0. The number of anilines is 2. The van der Waals surface area contributed by atoms with E-state index >= 15 is 0 Å². The SMILES string of the molecule is CNc1ncc(CCc2cccc(S(C)(=O)=O)c2)c2cc(NC(=O)C3CC3)ncc12. The Hall–Kier alpha value is -3.00. The topological polar surface area (TPSA) is 101 Å². The fraction of sp³-hybridized carbons (Fsp3) is 0.318. The first-order valence-electron chi connectivity index (χ1n) is 9.90. The molecule has 0 saturated heterocycles. The van der Waals surface area contributed by atoms with E-state index in [0.717, 1.165) is 40.6 Å². The van der Waals surface area contributed by atoms with Crippen molar-refractivity contribution in [3.63, 3.8) is 0 Å². The molecule has 3 aromatic rings. The number of amides is 1. The molecule has 2 heterocycles. The van der Waals surface area contributed by atoms with Crippen molar-refractivity contribution in [2.45, 2.75) is 30.6 Å². The van der Waals surface area contributed by atoms with E-state index in [4.69, 9.17) is 0 Å². The number of aromatic nitrogens is 2. The third kappa shape index (κ3) is 4.43. The molecule has 0 unspecified atom stereocenters. The van der Waals surface area contributed by atoms with E-state index in [0.29, 0.717) is 23.6 Å². The first kappa shape index (κ1) is 20.3. The molecule has 8 heteroatoms. The van der Waals surface area contributed by atoms with E-state index < -0.39 is 9.84 Å². The van der Waals surface area contributed by atoms with Crippen molar-refractivity contribution in [3.8, 4) is 0 Å². The number of pyridine rings is 2. The average molecular weight is 425 g/mol. The Labute approximate surface area is 175 Å². The molecule has 1 amide bonds. The molecule has 2 N–H and O–H groups in total. The van der Waals surface area contributed by atoms with Crippen LogP contribution >= 0.6 is 0 Å². The molecule has 0 radical (unpaired) electrons. The summed E-state index contributed by atoms with van der Waals surface area (Å²) >= 11 is 0. The van der Waals surface area contributed by atoms with Crippen molar-refractivity contribution in [1.82, 2.24) is 9.97 Å². The molecule has 4 rings (SSSR count). The molecule has 1 aromatic carbocycles. The highest BCUT2D eigenvalue weighted by atomic mass is 32.2. The summed E-state index contributed by atoms with van der Waals surface area (Å²) in [6, 6.07) is 8.91. The van der Waals surface area contributed by atoms with E-state index in [-0.39, 0.29) is 11.8 Å². The minimum atomic E-state index is -3.24. The highest BCUT2D eigenvalue weighted by Crippen LogP contribution is 2.31. The summed E-state index contributed by atoms with van der Waals surface area (Å²) < 4.78 is 23.6. The van der Waals surface area contributed by atoms with Gasteiger partial charge in [0.1, 0.15) is 11.6 Å². The van der Waals surface area contributed by atoms with Gasteiger partial charge in [-0.1, -0.05) is 12.1 Å². The number of nitrogens with one attached hydrogen (secondary N) is 2. The number of fused-ring (bicyclic) bond motifs is 1. The molecule has 1 fully saturated rings. The van der Waals surface area contributed by atoms with E-state index in [1.165, 1.54) is 6.26 Å². The number of rotatable bonds is 7. The molecule has 1 aliphatic carbocycles. The van der Waals surface area contributed by atoms with E-state index in [9.17, 15) is 13.2 Å². The van der Waals surface area contributed by atoms with Gasteiger partial charge in [-0.3, -0.25) is 4.79 Å². The van der Waals surface area contributed by atoms with Gasteiger partial charge in [-0.05, 0) is 60.4 Å². The zero-order chi connectivity index (χ0) is 21.3. The van der Waals surface area contributed by atoms with Crippen molar-refractivity contribution < 1.29 is 13.2 Å². The molecular formula is C22H24N4O3S. The van der Waals surface area contributed by atoms with E-state index in [1.807, 2.05) is 18.3 Å². The summed E-state index contributed by atoms with van der Waals surface area (Å²) in [5.74, 6) is 1.38. The lowest BCUT2D eigenvalue weighted by molar-refractivity contribution is -0.117. The Morgan fingerprint density at radius 1 is 1.10 bits per heavy atom. The van der Waals surface area contributed by atoms with Gasteiger partial charge < -0.3 is 10.6 Å². The Kier molecular flexibility index (Phi) is 5.42. The molecule has 0 atom stereocenters. The quantitative estimate of drug-likeness (QED) is 0.604. The van der Waals surface area contributed by atoms with Crippen molar-refractivity contribution in [3.05, 3.63) is 53.9 Å². The molecule has 1 saturated carbocycles. The summed E-state index contributed by atoms with van der Waals surface area (Å²) in [5, 5.41) is 7.83. The lowest BCUT2D eigenvalue weighted by Crippen LogP contribution is -2.14. The van der Waals surface area contributed by atoms with Crippen LogP contribution in [0.3, 0.4) is 0 Å². The fourth-order valence-electron chi connectivity index (χ4n) is 3.44. The van der Waals surface area contributed by atoms with Gasteiger partial charge in [0.2, 0.25) is 5.91 Å². The second-order valence-electron chi connectivity index (χ2n) is 7.68. The maximum absolute atomic E-state index is 12.1. The standard InChI is InChI=1S/C22H24N4O3S/c1-23-21-19-13-24-20(26-22(27)15-8-9-15)11-18(19)16(12-25-21)7-6-14-4-3-5-17(10-14)30(2,28)29/h3-5,10-13,15H,6-9H2,1-2H3,(H,23,25)(H,24,26,27). The summed E-state index contributed by atoms with van der Waals surface area (Å²) in [4.78, 5) is 21.3. The monoisotopic (exact) mass is 424 g/mol. The van der Waals surface area contributed by atoms with Crippen LogP contribution in [0.15, 0.2) is 47.6 Å². The number of sulfone groups is 1. The van der Waals surface area contributed by atoms with Crippen molar-refractivity contribution >= 4 is 38.2 Å². The van der Waals surface area contributed by atoms with Crippen LogP contribution in [0.4, 0.5) is 11.6 Å². The first-order valence-corrected chi connectivity index (χ1v) is 11.8. The third-order valence-corrected chi connectivity index (χ3v) is 6.41. The average Bonchev–Trinajstić information content (AvgIpc) is 3.57. The Morgan fingerprint density at radius 2 is 1.90 bits per heavy atom. The van der Waals surface area contributed by atoms with Crippen molar-refractivity contribution in [1.29, 1.82) is 0 Å². The molecule has 156 valence electrons. The highest BCUT2D eigenvalue weighted by Gasteiger charge is 2.29. The molecule has 1 aliphatic rings.